The Kier molecular flexibility index (Phi) is 4.36. The van der Waals surface area contributed by atoms with E-state index in [4.69, 9.17) is 23.2 Å². The third-order valence-electron chi connectivity index (χ3n) is 3.10. The van der Waals surface area contributed by atoms with Crippen LogP contribution in [-0.2, 0) is 0 Å². The fourth-order valence-corrected chi connectivity index (χ4v) is 2.50. The molecule has 0 atom stereocenters. The van der Waals surface area contributed by atoms with Gasteiger partial charge in [-0.05, 0) is 50.1 Å². The molecule has 0 heterocycles. The Morgan fingerprint density at radius 2 is 1.55 bits per heavy atom. The molecule has 2 rings (SSSR count). The van der Waals surface area contributed by atoms with Crippen LogP contribution in [0.3, 0.4) is 0 Å². The van der Waals surface area contributed by atoms with Crippen LogP contribution >= 0.6 is 23.2 Å². The first kappa shape index (κ1) is 14.9. The van der Waals surface area contributed by atoms with Gasteiger partial charge >= 0.3 is 0 Å². The summed E-state index contributed by atoms with van der Waals surface area (Å²) >= 11 is 11.8. The number of hydrogen-bond donors (Lipinski definition) is 1. The minimum absolute atomic E-state index is 0.196. The molecular formula is C16H15Cl2NO. The highest BCUT2D eigenvalue weighted by atomic mass is 35.5. The first-order chi connectivity index (χ1) is 9.38. The molecular weight excluding hydrogens is 293 g/mol. The van der Waals surface area contributed by atoms with Crippen molar-refractivity contribution in [3.8, 4) is 0 Å². The smallest absolute Gasteiger partial charge is 0.255 e. The van der Waals surface area contributed by atoms with Gasteiger partial charge in [-0.15, -0.1) is 0 Å². The molecule has 4 heteroatoms. The van der Waals surface area contributed by atoms with Crippen molar-refractivity contribution < 1.29 is 4.79 Å². The molecule has 20 heavy (non-hydrogen) atoms. The maximum absolute atomic E-state index is 12.3. The van der Waals surface area contributed by atoms with Crippen molar-refractivity contribution in [2.45, 2.75) is 20.8 Å². The highest BCUT2D eigenvalue weighted by molar-refractivity contribution is 6.42. The number of rotatable bonds is 2. The lowest BCUT2D eigenvalue weighted by atomic mass is 10.0. The summed E-state index contributed by atoms with van der Waals surface area (Å²) in [6.07, 6.45) is 0. The van der Waals surface area contributed by atoms with Crippen LogP contribution in [0.25, 0.3) is 0 Å². The Morgan fingerprint density at radius 1 is 0.950 bits per heavy atom. The molecule has 0 radical (unpaired) electrons. The fourth-order valence-electron chi connectivity index (χ4n) is 2.20. The predicted molar refractivity (Wildman–Crippen MR) is 85.1 cm³/mol. The van der Waals surface area contributed by atoms with Gasteiger partial charge in [0.25, 0.3) is 5.91 Å². The van der Waals surface area contributed by atoms with Crippen molar-refractivity contribution in [3.63, 3.8) is 0 Å². The van der Waals surface area contributed by atoms with E-state index in [1.807, 2.05) is 32.9 Å². The molecule has 0 bridgehead atoms. The molecule has 0 aliphatic heterocycles. The van der Waals surface area contributed by atoms with Crippen LogP contribution in [0.2, 0.25) is 10.0 Å². The van der Waals surface area contributed by atoms with E-state index in [2.05, 4.69) is 5.32 Å². The predicted octanol–water partition coefficient (Wildman–Crippen LogP) is 5.17. The van der Waals surface area contributed by atoms with Crippen LogP contribution in [0.15, 0.2) is 30.3 Å². The van der Waals surface area contributed by atoms with Gasteiger partial charge in [0.05, 0.1) is 10.0 Å². The number of benzene rings is 2. The van der Waals surface area contributed by atoms with E-state index in [0.29, 0.717) is 15.6 Å². The van der Waals surface area contributed by atoms with Crippen molar-refractivity contribution in [3.05, 3.63) is 62.6 Å². The van der Waals surface area contributed by atoms with Gasteiger partial charge in [0.15, 0.2) is 0 Å². The number of nitrogens with one attached hydrogen (secondary N) is 1. The van der Waals surface area contributed by atoms with Gasteiger partial charge in [0.1, 0.15) is 0 Å². The van der Waals surface area contributed by atoms with E-state index in [1.165, 1.54) is 5.56 Å². The molecule has 2 nitrogen and oxygen atoms in total. The van der Waals surface area contributed by atoms with Crippen molar-refractivity contribution in [2.75, 3.05) is 5.32 Å². The minimum atomic E-state index is -0.196. The largest absolute Gasteiger partial charge is 0.322 e. The number of amides is 1. The quantitative estimate of drug-likeness (QED) is 0.814. The van der Waals surface area contributed by atoms with Gasteiger partial charge < -0.3 is 5.32 Å². The second kappa shape index (κ2) is 5.86. The highest BCUT2D eigenvalue weighted by Gasteiger charge is 2.11. The molecule has 2 aromatic carbocycles. The average molecular weight is 308 g/mol. The molecule has 0 aromatic heterocycles. The molecule has 1 N–H and O–H groups in total. The van der Waals surface area contributed by atoms with Gasteiger partial charge in [-0.25, -0.2) is 0 Å². The molecule has 2 aromatic rings. The zero-order valence-electron chi connectivity index (χ0n) is 11.6. The number of hydrogen-bond acceptors (Lipinski definition) is 1. The average Bonchev–Trinajstić information content (AvgIpc) is 2.36. The van der Waals surface area contributed by atoms with Crippen molar-refractivity contribution in [1.82, 2.24) is 0 Å². The van der Waals surface area contributed by atoms with Crippen LogP contribution in [-0.4, -0.2) is 5.91 Å². The standard InChI is InChI=1S/C16H15Cl2NO/c1-9-6-10(2)15(11(3)7-9)19-16(20)12-4-5-13(17)14(18)8-12/h4-8H,1-3H3,(H,19,20). The normalized spacial score (nSPS) is 10.4. The zero-order chi connectivity index (χ0) is 14.9. The topological polar surface area (TPSA) is 29.1 Å². The Hall–Kier alpha value is -1.51. The molecule has 0 spiro atoms. The van der Waals surface area contributed by atoms with Gasteiger partial charge in [-0.2, -0.15) is 0 Å². The number of carbonyl (C=O) groups excluding carboxylic acids is 1. The number of halogens is 2. The van der Waals surface area contributed by atoms with Crippen LogP contribution in [0, 0.1) is 20.8 Å². The monoisotopic (exact) mass is 307 g/mol. The molecule has 0 aliphatic rings. The van der Waals surface area contributed by atoms with E-state index in [1.54, 1.807) is 18.2 Å². The number of anilines is 1. The van der Waals surface area contributed by atoms with Gasteiger partial charge in [-0.1, -0.05) is 40.9 Å². The van der Waals surface area contributed by atoms with Gasteiger partial charge in [0.2, 0.25) is 0 Å². The highest BCUT2D eigenvalue weighted by Crippen LogP contribution is 2.25. The summed E-state index contributed by atoms with van der Waals surface area (Å²) in [6, 6.07) is 8.92. The Balaban J connectivity index is 2.30. The van der Waals surface area contributed by atoms with E-state index in [9.17, 15) is 4.79 Å². The van der Waals surface area contributed by atoms with E-state index < -0.39 is 0 Å². The Bertz CT molecular complexity index is 657. The maximum atomic E-state index is 12.3. The van der Waals surface area contributed by atoms with Crippen molar-refractivity contribution >= 4 is 34.8 Å². The molecule has 104 valence electrons. The molecule has 0 saturated heterocycles. The number of carbonyl (C=O) groups is 1. The molecule has 0 fully saturated rings. The first-order valence-electron chi connectivity index (χ1n) is 6.22. The van der Waals surface area contributed by atoms with Crippen molar-refractivity contribution in [2.24, 2.45) is 0 Å². The van der Waals surface area contributed by atoms with Gasteiger partial charge in [0, 0.05) is 11.3 Å². The Morgan fingerprint density at radius 3 is 2.10 bits per heavy atom. The zero-order valence-corrected chi connectivity index (χ0v) is 13.1. The SMILES string of the molecule is Cc1cc(C)c(NC(=O)c2ccc(Cl)c(Cl)c2)c(C)c1. The van der Waals surface area contributed by atoms with Crippen molar-refractivity contribution in [1.29, 1.82) is 0 Å². The third kappa shape index (κ3) is 3.14. The fraction of sp³-hybridized carbons (Fsp3) is 0.188. The summed E-state index contributed by atoms with van der Waals surface area (Å²) in [5.41, 5.74) is 4.57. The Labute approximate surface area is 128 Å². The minimum Gasteiger partial charge on any atom is -0.322 e. The summed E-state index contributed by atoms with van der Waals surface area (Å²) in [4.78, 5) is 12.3. The summed E-state index contributed by atoms with van der Waals surface area (Å²) < 4.78 is 0. The lowest BCUT2D eigenvalue weighted by molar-refractivity contribution is 0.102. The van der Waals surface area contributed by atoms with Crippen LogP contribution in [0.5, 0.6) is 0 Å². The number of aryl methyl sites for hydroxylation is 3. The van der Waals surface area contributed by atoms with Crippen LogP contribution in [0.4, 0.5) is 5.69 Å². The molecule has 0 saturated carbocycles. The molecule has 0 unspecified atom stereocenters. The lowest BCUT2D eigenvalue weighted by Gasteiger charge is -2.13. The summed E-state index contributed by atoms with van der Waals surface area (Å²) in [7, 11) is 0. The molecule has 1 amide bonds. The maximum Gasteiger partial charge on any atom is 0.255 e. The van der Waals surface area contributed by atoms with E-state index in [-0.39, 0.29) is 5.91 Å². The van der Waals surface area contributed by atoms with E-state index >= 15 is 0 Å². The lowest BCUT2D eigenvalue weighted by Crippen LogP contribution is -2.14. The summed E-state index contributed by atoms with van der Waals surface area (Å²) in [5, 5.41) is 3.74. The van der Waals surface area contributed by atoms with E-state index in [0.717, 1.165) is 16.8 Å². The third-order valence-corrected chi connectivity index (χ3v) is 3.84. The van der Waals surface area contributed by atoms with Crippen LogP contribution in [0.1, 0.15) is 27.0 Å². The summed E-state index contributed by atoms with van der Waals surface area (Å²) in [5.74, 6) is -0.196. The van der Waals surface area contributed by atoms with Gasteiger partial charge in [-0.3, -0.25) is 4.79 Å². The summed E-state index contributed by atoms with van der Waals surface area (Å²) in [6.45, 7) is 5.99. The molecule has 0 aliphatic carbocycles. The first-order valence-corrected chi connectivity index (χ1v) is 6.98. The second-order valence-corrected chi connectivity index (χ2v) is 5.67. The second-order valence-electron chi connectivity index (χ2n) is 4.86. The van der Waals surface area contributed by atoms with Crippen LogP contribution < -0.4 is 5.32 Å².